The molecule has 0 aliphatic heterocycles. The minimum absolute atomic E-state index is 0.0435. The number of carbonyl (C=O) groups is 1. The molecule has 0 aliphatic carbocycles. The molecule has 2 aromatic rings. The van der Waals surface area contributed by atoms with Gasteiger partial charge in [-0.15, -0.1) is 0 Å². The lowest BCUT2D eigenvalue weighted by molar-refractivity contribution is -0.116. The molecular formula is C18H20ClNO3. The molecule has 0 heterocycles. The summed E-state index contributed by atoms with van der Waals surface area (Å²) in [5, 5.41) is 3.56. The van der Waals surface area contributed by atoms with E-state index in [9.17, 15) is 4.79 Å². The van der Waals surface area contributed by atoms with Gasteiger partial charge < -0.3 is 14.8 Å². The third-order valence-electron chi connectivity index (χ3n) is 3.27. The average Bonchev–Trinajstić information content (AvgIpc) is 2.56. The van der Waals surface area contributed by atoms with E-state index in [1.165, 1.54) is 0 Å². The van der Waals surface area contributed by atoms with Crippen molar-refractivity contribution >= 4 is 23.2 Å². The summed E-state index contributed by atoms with van der Waals surface area (Å²) in [5.41, 5.74) is 1.72. The Morgan fingerprint density at radius 1 is 1.09 bits per heavy atom. The lowest BCUT2D eigenvalue weighted by Gasteiger charge is -2.08. The molecule has 5 heteroatoms. The number of ether oxygens (including phenoxy) is 2. The van der Waals surface area contributed by atoms with Crippen LogP contribution < -0.4 is 10.1 Å². The molecule has 0 fully saturated rings. The van der Waals surface area contributed by atoms with E-state index in [0.29, 0.717) is 31.1 Å². The van der Waals surface area contributed by atoms with E-state index in [-0.39, 0.29) is 5.91 Å². The van der Waals surface area contributed by atoms with Gasteiger partial charge in [0.25, 0.3) is 0 Å². The summed E-state index contributed by atoms with van der Waals surface area (Å²) in [4.78, 5) is 12.0. The fourth-order valence-corrected chi connectivity index (χ4v) is 2.28. The number of hydrogen-bond acceptors (Lipinski definition) is 3. The van der Waals surface area contributed by atoms with E-state index in [1.807, 2.05) is 48.5 Å². The van der Waals surface area contributed by atoms with Crippen LogP contribution in [0.3, 0.4) is 0 Å². The summed E-state index contributed by atoms with van der Waals surface area (Å²) >= 11 is 6.08. The molecule has 0 saturated heterocycles. The van der Waals surface area contributed by atoms with Crippen molar-refractivity contribution in [1.82, 2.24) is 0 Å². The summed E-state index contributed by atoms with van der Waals surface area (Å²) in [5.74, 6) is 0.703. The molecule has 0 atom stereocenters. The van der Waals surface area contributed by atoms with Gasteiger partial charge in [0, 0.05) is 24.2 Å². The van der Waals surface area contributed by atoms with Crippen molar-refractivity contribution in [1.29, 1.82) is 0 Å². The summed E-state index contributed by atoms with van der Waals surface area (Å²) in [7, 11) is 1.63. The molecule has 0 aromatic heterocycles. The van der Waals surface area contributed by atoms with Crippen molar-refractivity contribution in [3.63, 3.8) is 0 Å². The number of nitrogens with one attached hydrogen (secondary N) is 1. The number of amides is 1. The number of halogens is 1. The van der Waals surface area contributed by atoms with Gasteiger partial charge in [0.15, 0.2) is 0 Å². The van der Waals surface area contributed by atoms with Gasteiger partial charge in [0.2, 0.25) is 5.91 Å². The van der Waals surface area contributed by atoms with Crippen LogP contribution in [-0.2, 0) is 16.0 Å². The Kier molecular flexibility index (Phi) is 6.91. The lowest BCUT2D eigenvalue weighted by Crippen LogP contribution is -2.12. The Balaban J connectivity index is 1.80. The first kappa shape index (κ1) is 17.3. The molecule has 23 heavy (non-hydrogen) atoms. The standard InChI is InChI=1S/C18H20ClNO3/c1-22-12-13-23-16-9-7-15(8-10-16)20-18(21)11-6-14-4-2-3-5-17(14)19/h2-5,7-10H,6,11-13H2,1H3,(H,20,21). The quantitative estimate of drug-likeness (QED) is 0.744. The molecule has 2 rings (SSSR count). The highest BCUT2D eigenvalue weighted by Crippen LogP contribution is 2.18. The van der Waals surface area contributed by atoms with E-state index >= 15 is 0 Å². The largest absolute Gasteiger partial charge is 0.491 e. The first-order valence-electron chi connectivity index (χ1n) is 7.44. The average molecular weight is 334 g/mol. The van der Waals surface area contributed by atoms with Gasteiger partial charge in [0.05, 0.1) is 6.61 Å². The summed E-state index contributed by atoms with van der Waals surface area (Å²) in [6.07, 6.45) is 1.000. The van der Waals surface area contributed by atoms with E-state index in [1.54, 1.807) is 7.11 Å². The van der Waals surface area contributed by atoms with Gasteiger partial charge in [-0.2, -0.15) is 0 Å². The first-order chi connectivity index (χ1) is 11.2. The predicted molar refractivity (Wildman–Crippen MR) is 92.2 cm³/mol. The molecule has 0 saturated carbocycles. The number of methoxy groups -OCH3 is 1. The maximum absolute atomic E-state index is 12.0. The van der Waals surface area contributed by atoms with E-state index in [2.05, 4.69) is 5.32 Å². The zero-order chi connectivity index (χ0) is 16.5. The third-order valence-corrected chi connectivity index (χ3v) is 3.64. The molecule has 0 spiro atoms. The Labute approximate surface area is 141 Å². The highest BCUT2D eigenvalue weighted by atomic mass is 35.5. The normalized spacial score (nSPS) is 10.3. The van der Waals surface area contributed by atoms with Crippen LogP contribution in [0.4, 0.5) is 5.69 Å². The van der Waals surface area contributed by atoms with Crippen LogP contribution in [0, 0.1) is 0 Å². The minimum Gasteiger partial charge on any atom is -0.491 e. The maximum atomic E-state index is 12.0. The molecule has 4 nitrogen and oxygen atoms in total. The summed E-state index contributed by atoms with van der Waals surface area (Å²) < 4.78 is 10.4. The van der Waals surface area contributed by atoms with E-state index in [4.69, 9.17) is 21.1 Å². The highest BCUT2D eigenvalue weighted by Gasteiger charge is 2.05. The van der Waals surface area contributed by atoms with Crippen molar-refractivity contribution in [3.05, 3.63) is 59.1 Å². The van der Waals surface area contributed by atoms with Gasteiger partial charge in [-0.3, -0.25) is 4.79 Å². The summed E-state index contributed by atoms with van der Waals surface area (Å²) in [6.45, 7) is 1.04. The molecule has 2 aromatic carbocycles. The molecule has 1 amide bonds. The van der Waals surface area contributed by atoms with E-state index in [0.717, 1.165) is 17.0 Å². The van der Waals surface area contributed by atoms with E-state index < -0.39 is 0 Å². The lowest BCUT2D eigenvalue weighted by atomic mass is 10.1. The van der Waals surface area contributed by atoms with Gasteiger partial charge in [-0.05, 0) is 42.3 Å². The van der Waals surface area contributed by atoms with Crippen LogP contribution in [0.25, 0.3) is 0 Å². The van der Waals surface area contributed by atoms with Gasteiger partial charge in [0.1, 0.15) is 12.4 Å². The molecule has 0 unspecified atom stereocenters. The predicted octanol–water partition coefficient (Wildman–Crippen LogP) is 3.94. The second kappa shape index (κ2) is 9.18. The van der Waals surface area contributed by atoms with Crippen LogP contribution >= 0.6 is 11.6 Å². The number of benzene rings is 2. The molecule has 0 bridgehead atoms. The Morgan fingerprint density at radius 3 is 2.52 bits per heavy atom. The fourth-order valence-electron chi connectivity index (χ4n) is 2.05. The molecule has 0 aliphatic rings. The SMILES string of the molecule is COCCOc1ccc(NC(=O)CCc2ccccc2Cl)cc1. The zero-order valence-electron chi connectivity index (χ0n) is 13.0. The van der Waals surface area contributed by atoms with Gasteiger partial charge >= 0.3 is 0 Å². The maximum Gasteiger partial charge on any atom is 0.224 e. The smallest absolute Gasteiger partial charge is 0.224 e. The Morgan fingerprint density at radius 2 is 1.83 bits per heavy atom. The van der Waals surface area contributed by atoms with Crippen molar-refractivity contribution in [3.8, 4) is 5.75 Å². The van der Waals surface area contributed by atoms with Crippen molar-refractivity contribution in [2.75, 3.05) is 25.6 Å². The number of hydrogen-bond donors (Lipinski definition) is 1. The van der Waals surface area contributed by atoms with Crippen molar-refractivity contribution in [2.45, 2.75) is 12.8 Å². The van der Waals surface area contributed by atoms with Crippen LogP contribution in [0.15, 0.2) is 48.5 Å². The van der Waals surface area contributed by atoms with Crippen LogP contribution in [0.2, 0.25) is 5.02 Å². The molecule has 122 valence electrons. The van der Waals surface area contributed by atoms with Gasteiger partial charge in [-0.1, -0.05) is 29.8 Å². The van der Waals surface area contributed by atoms with Crippen molar-refractivity contribution in [2.24, 2.45) is 0 Å². The van der Waals surface area contributed by atoms with Crippen LogP contribution in [0.5, 0.6) is 5.75 Å². The van der Waals surface area contributed by atoms with Crippen molar-refractivity contribution < 1.29 is 14.3 Å². The number of carbonyl (C=O) groups excluding carboxylic acids is 1. The second-order valence-corrected chi connectivity index (χ2v) is 5.41. The third kappa shape index (κ3) is 5.93. The molecule has 0 radical (unpaired) electrons. The Hall–Kier alpha value is -2.04. The fraction of sp³-hybridized carbons (Fsp3) is 0.278. The zero-order valence-corrected chi connectivity index (χ0v) is 13.8. The number of anilines is 1. The second-order valence-electron chi connectivity index (χ2n) is 5.01. The highest BCUT2D eigenvalue weighted by molar-refractivity contribution is 6.31. The summed E-state index contributed by atoms with van der Waals surface area (Å²) in [6, 6.07) is 14.8. The number of rotatable bonds is 8. The monoisotopic (exact) mass is 333 g/mol. The Bertz CT molecular complexity index is 628. The van der Waals surface area contributed by atoms with Crippen LogP contribution in [0.1, 0.15) is 12.0 Å². The number of aryl methyl sites for hydroxylation is 1. The topological polar surface area (TPSA) is 47.6 Å². The van der Waals surface area contributed by atoms with Crippen LogP contribution in [-0.4, -0.2) is 26.2 Å². The minimum atomic E-state index is -0.0435. The van der Waals surface area contributed by atoms with Gasteiger partial charge in [-0.25, -0.2) is 0 Å². The molecular weight excluding hydrogens is 314 g/mol. The first-order valence-corrected chi connectivity index (χ1v) is 7.82. The molecule has 1 N–H and O–H groups in total.